The molecular weight excluding hydrogens is 332 g/mol. The minimum absolute atomic E-state index is 0.272. The van der Waals surface area contributed by atoms with Gasteiger partial charge in [-0.15, -0.1) is 11.3 Å². The molecule has 0 aliphatic carbocycles. The number of hydrogen-bond acceptors (Lipinski definition) is 6. The van der Waals surface area contributed by atoms with E-state index in [0.717, 1.165) is 16.9 Å². The highest BCUT2D eigenvalue weighted by atomic mass is 32.1. The van der Waals surface area contributed by atoms with Crippen LogP contribution in [0.3, 0.4) is 0 Å². The first-order valence-corrected chi connectivity index (χ1v) is 7.66. The van der Waals surface area contributed by atoms with Gasteiger partial charge in [0.25, 0.3) is 5.91 Å². The van der Waals surface area contributed by atoms with Crippen molar-refractivity contribution in [3.05, 3.63) is 34.8 Å². The number of carbonyl (C=O) groups excluding carboxylic acids is 3. The van der Waals surface area contributed by atoms with Gasteiger partial charge in [0.1, 0.15) is 15.6 Å². The van der Waals surface area contributed by atoms with Crippen LogP contribution >= 0.6 is 11.3 Å². The number of aryl methyl sites for hydroxylation is 1. The Kier molecular flexibility index (Phi) is 5.14. The van der Waals surface area contributed by atoms with Crippen molar-refractivity contribution in [1.29, 1.82) is 0 Å². The Bertz CT molecular complexity index is 771. The van der Waals surface area contributed by atoms with Gasteiger partial charge in [-0.05, 0) is 31.2 Å². The first-order chi connectivity index (χ1) is 11.3. The molecule has 0 atom stereocenters. The number of aromatic nitrogens is 1. The molecule has 0 unspecified atom stereocenters. The number of primary amides is 2. The number of carbonyl (C=O) groups is 3. The molecule has 24 heavy (non-hydrogen) atoms. The molecule has 1 aromatic carbocycles. The number of nitrogens with zero attached hydrogens (tertiary/aromatic N) is 1. The van der Waals surface area contributed by atoms with Crippen molar-refractivity contribution in [3.8, 4) is 16.3 Å². The van der Waals surface area contributed by atoms with Crippen LogP contribution in [-0.2, 0) is 9.59 Å². The molecule has 0 saturated heterocycles. The number of hydrogen-bond donors (Lipinski definition) is 3. The molecule has 1 aromatic heterocycles. The summed E-state index contributed by atoms with van der Waals surface area (Å²) in [6, 6.07) is 5.62. The minimum atomic E-state index is -1.57. The van der Waals surface area contributed by atoms with E-state index >= 15 is 0 Å². The molecule has 0 fully saturated rings. The number of thiazole rings is 1. The predicted molar refractivity (Wildman–Crippen MR) is 88.5 cm³/mol. The van der Waals surface area contributed by atoms with Crippen molar-refractivity contribution in [1.82, 2.24) is 10.3 Å². The fourth-order valence-corrected chi connectivity index (χ4v) is 2.92. The zero-order chi connectivity index (χ0) is 17.9. The van der Waals surface area contributed by atoms with E-state index in [9.17, 15) is 14.4 Å². The van der Waals surface area contributed by atoms with Crippen LogP contribution in [0, 0.1) is 6.92 Å². The first-order valence-electron chi connectivity index (χ1n) is 6.84. The molecule has 0 saturated carbocycles. The lowest BCUT2D eigenvalue weighted by atomic mass is 10.2. The second-order valence-corrected chi connectivity index (χ2v) is 5.87. The molecule has 1 heterocycles. The zero-order valence-corrected chi connectivity index (χ0v) is 13.8. The SMILES string of the molecule is COc1ccc(-c2nc(C)c(C(=O)NC(C(N)=O)C(N)=O)s2)cc1. The highest BCUT2D eigenvalue weighted by Gasteiger charge is 2.26. The minimum Gasteiger partial charge on any atom is -0.497 e. The average Bonchev–Trinajstić information content (AvgIpc) is 2.93. The Hall–Kier alpha value is -2.94. The van der Waals surface area contributed by atoms with Gasteiger partial charge in [-0.1, -0.05) is 0 Å². The van der Waals surface area contributed by atoms with Crippen LogP contribution in [0.4, 0.5) is 0 Å². The third-order valence-corrected chi connectivity index (χ3v) is 4.39. The lowest BCUT2D eigenvalue weighted by Crippen LogP contribution is -2.52. The fraction of sp³-hybridized carbons (Fsp3) is 0.200. The van der Waals surface area contributed by atoms with Crippen molar-refractivity contribution in [2.45, 2.75) is 13.0 Å². The summed E-state index contributed by atoms with van der Waals surface area (Å²) in [5.74, 6) is -1.97. The van der Waals surface area contributed by atoms with Crippen LogP contribution in [0.1, 0.15) is 15.4 Å². The number of ether oxygens (including phenoxy) is 1. The van der Waals surface area contributed by atoms with Gasteiger partial charge in [-0.25, -0.2) is 4.98 Å². The summed E-state index contributed by atoms with van der Waals surface area (Å²) in [6.45, 7) is 1.65. The molecule has 0 spiro atoms. The van der Waals surface area contributed by atoms with Crippen LogP contribution in [0.15, 0.2) is 24.3 Å². The maximum atomic E-state index is 12.3. The summed E-state index contributed by atoms with van der Waals surface area (Å²) < 4.78 is 5.09. The second-order valence-electron chi connectivity index (χ2n) is 4.87. The molecule has 3 amide bonds. The largest absolute Gasteiger partial charge is 0.497 e. The van der Waals surface area contributed by atoms with Gasteiger partial charge < -0.3 is 21.5 Å². The molecule has 0 aliphatic heterocycles. The summed E-state index contributed by atoms with van der Waals surface area (Å²) in [4.78, 5) is 39.2. The fourth-order valence-electron chi connectivity index (χ4n) is 1.94. The van der Waals surface area contributed by atoms with Gasteiger partial charge in [0.05, 0.1) is 12.8 Å². The average molecular weight is 348 g/mol. The third-order valence-electron chi connectivity index (χ3n) is 3.18. The molecule has 2 rings (SSSR count). The van der Waals surface area contributed by atoms with E-state index in [-0.39, 0.29) is 4.88 Å². The van der Waals surface area contributed by atoms with Crippen LogP contribution in [-0.4, -0.2) is 35.9 Å². The monoisotopic (exact) mass is 348 g/mol. The Morgan fingerprint density at radius 3 is 2.25 bits per heavy atom. The number of methoxy groups -OCH3 is 1. The highest BCUT2D eigenvalue weighted by molar-refractivity contribution is 7.17. The zero-order valence-electron chi connectivity index (χ0n) is 13.0. The molecule has 9 heteroatoms. The summed E-state index contributed by atoms with van der Waals surface area (Å²) >= 11 is 1.13. The number of benzene rings is 1. The van der Waals surface area contributed by atoms with Crippen LogP contribution < -0.4 is 21.5 Å². The molecular formula is C15H16N4O4S. The quantitative estimate of drug-likeness (QED) is 0.640. The Balaban J connectivity index is 2.25. The van der Waals surface area contributed by atoms with E-state index in [1.807, 2.05) is 12.1 Å². The molecule has 8 nitrogen and oxygen atoms in total. The Labute approximate surface area is 141 Å². The van der Waals surface area contributed by atoms with Gasteiger partial charge in [0, 0.05) is 5.56 Å². The first kappa shape index (κ1) is 17.4. The van der Waals surface area contributed by atoms with E-state index in [2.05, 4.69) is 10.3 Å². The molecule has 126 valence electrons. The molecule has 0 bridgehead atoms. The van der Waals surface area contributed by atoms with Gasteiger partial charge >= 0.3 is 0 Å². The Morgan fingerprint density at radius 2 is 1.75 bits per heavy atom. The normalized spacial score (nSPS) is 10.5. The summed E-state index contributed by atoms with van der Waals surface area (Å²) in [7, 11) is 1.57. The lowest BCUT2D eigenvalue weighted by Gasteiger charge is -2.10. The van der Waals surface area contributed by atoms with E-state index in [1.165, 1.54) is 0 Å². The summed E-state index contributed by atoms with van der Waals surface area (Å²) in [6.07, 6.45) is 0. The van der Waals surface area contributed by atoms with Crippen molar-refractivity contribution >= 4 is 29.1 Å². The highest BCUT2D eigenvalue weighted by Crippen LogP contribution is 2.29. The summed E-state index contributed by atoms with van der Waals surface area (Å²) in [5, 5.41) is 2.84. The number of rotatable bonds is 6. The number of amides is 3. The van der Waals surface area contributed by atoms with Crippen molar-refractivity contribution < 1.29 is 19.1 Å². The molecule has 5 N–H and O–H groups in total. The number of nitrogens with two attached hydrogens (primary N) is 2. The maximum absolute atomic E-state index is 12.3. The smallest absolute Gasteiger partial charge is 0.264 e. The van der Waals surface area contributed by atoms with E-state index < -0.39 is 23.8 Å². The summed E-state index contributed by atoms with van der Waals surface area (Å²) in [5.41, 5.74) is 11.4. The van der Waals surface area contributed by atoms with E-state index in [0.29, 0.717) is 16.5 Å². The standard InChI is InChI=1S/C15H16N4O4S/c1-7-11(14(22)19-10(12(16)20)13(17)21)24-15(18-7)8-3-5-9(23-2)6-4-8/h3-6,10H,1-2H3,(H2,16,20)(H2,17,21)(H,19,22). The molecule has 2 aromatic rings. The maximum Gasteiger partial charge on any atom is 0.264 e. The van der Waals surface area contributed by atoms with Crippen LogP contribution in [0.25, 0.3) is 10.6 Å². The third kappa shape index (κ3) is 3.69. The second kappa shape index (κ2) is 7.09. The van der Waals surface area contributed by atoms with E-state index in [4.69, 9.17) is 16.2 Å². The van der Waals surface area contributed by atoms with Crippen LogP contribution in [0.5, 0.6) is 5.75 Å². The van der Waals surface area contributed by atoms with Gasteiger partial charge in [0.15, 0.2) is 6.04 Å². The molecule has 0 radical (unpaired) electrons. The van der Waals surface area contributed by atoms with Gasteiger partial charge in [0.2, 0.25) is 11.8 Å². The topological polar surface area (TPSA) is 137 Å². The Morgan fingerprint density at radius 1 is 1.17 bits per heavy atom. The predicted octanol–water partition coefficient (Wildman–Crippen LogP) is 0.196. The van der Waals surface area contributed by atoms with Crippen molar-refractivity contribution in [2.24, 2.45) is 11.5 Å². The number of nitrogens with one attached hydrogen (secondary N) is 1. The molecule has 0 aliphatic rings. The van der Waals surface area contributed by atoms with Gasteiger partial charge in [-0.3, -0.25) is 14.4 Å². The lowest BCUT2D eigenvalue weighted by molar-refractivity contribution is -0.128. The van der Waals surface area contributed by atoms with Crippen LogP contribution in [0.2, 0.25) is 0 Å². The van der Waals surface area contributed by atoms with Gasteiger partial charge in [-0.2, -0.15) is 0 Å². The van der Waals surface area contributed by atoms with E-state index in [1.54, 1.807) is 26.2 Å². The van der Waals surface area contributed by atoms with Crippen molar-refractivity contribution in [3.63, 3.8) is 0 Å². The van der Waals surface area contributed by atoms with Crippen molar-refractivity contribution in [2.75, 3.05) is 7.11 Å².